The molecule has 0 aromatic heterocycles. The standard InChI is InChI=1S/C18H22N2O4S/c1-4-23-14(21)11-25-18-19-12(3)15(17(22)24-5-2)16(20-18)13-9-7-6-8-10-13/h6-10,16H,4-5,11H2,1-3H3,(H,19,20)/t16-/m0/s1. The summed E-state index contributed by atoms with van der Waals surface area (Å²) >= 11 is 1.25. The third kappa shape index (κ3) is 5.09. The number of carbonyl (C=O) groups is 2. The summed E-state index contributed by atoms with van der Waals surface area (Å²) < 4.78 is 10.1. The van der Waals surface area contributed by atoms with E-state index in [9.17, 15) is 9.59 Å². The Balaban J connectivity index is 2.26. The zero-order valence-electron chi connectivity index (χ0n) is 14.6. The summed E-state index contributed by atoms with van der Waals surface area (Å²) in [6.07, 6.45) is 0. The number of benzene rings is 1. The highest BCUT2D eigenvalue weighted by molar-refractivity contribution is 8.14. The van der Waals surface area contributed by atoms with Gasteiger partial charge in [-0.1, -0.05) is 42.1 Å². The predicted molar refractivity (Wildman–Crippen MR) is 98.2 cm³/mol. The van der Waals surface area contributed by atoms with E-state index in [1.165, 1.54) is 11.8 Å². The Kier molecular flexibility index (Phi) is 7.06. The molecule has 0 aliphatic carbocycles. The van der Waals surface area contributed by atoms with Crippen LogP contribution in [0.5, 0.6) is 0 Å². The molecule has 0 bridgehead atoms. The smallest absolute Gasteiger partial charge is 0.338 e. The Morgan fingerprint density at radius 2 is 1.84 bits per heavy atom. The molecule has 1 heterocycles. The van der Waals surface area contributed by atoms with E-state index in [-0.39, 0.29) is 17.7 Å². The number of rotatable bonds is 6. The number of thioether (sulfide) groups is 1. The fourth-order valence-electron chi connectivity index (χ4n) is 2.40. The van der Waals surface area contributed by atoms with Crippen molar-refractivity contribution >= 4 is 28.9 Å². The topological polar surface area (TPSA) is 77.0 Å². The number of nitrogens with zero attached hydrogens (tertiary/aromatic N) is 1. The van der Waals surface area contributed by atoms with Crippen LogP contribution in [0, 0.1) is 0 Å². The summed E-state index contributed by atoms with van der Waals surface area (Å²) in [5.74, 6) is -0.533. The maximum Gasteiger partial charge on any atom is 0.338 e. The van der Waals surface area contributed by atoms with Crippen LogP contribution in [-0.2, 0) is 19.1 Å². The molecule has 0 radical (unpaired) electrons. The minimum atomic E-state index is -0.466. The predicted octanol–water partition coefficient (Wildman–Crippen LogP) is 2.82. The van der Waals surface area contributed by atoms with Crippen LogP contribution in [0.1, 0.15) is 32.4 Å². The SMILES string of the molecule is CCOC(=O)CSC1=N[C@@H](c2ccccc2)C(C(=O)OCC)=C(C)N1. The lowest BCUT2D eigenvalue weighted by Crippen LogP contribution is -2.31. The molecule has 25 heavy (non-hydrogen) atoms. The molecule has 2 rings (SSSR count). The van der Waals surface area contributed by atoms with Crippen molar-refractivity contribution in [2.75, 3.05) is 19.0 Å². The number of hydrogen-bond donors (Lipinski definition) is 1. The first kappa shape index (κ1) is 19.1. The van der Waals surface area contributed by atoms with Crippen LogP contribution in [0.3, 0.4) is 0 Å². The Hall–Kier alpha value is -2.28. The van der Waals surface area contributed by atoms with E-state index in [1.54, 1.807) is 13.8 Å². The number of esters is 2. The van der Waals surface area contributed by atoms with Crippen LogP contribution in [0.25, 0.3) is 0 Å². The largest absolute Gasteiger partial charge is 0.465 e. The minimum absolute atomic E-state index is 0.156. The summed E-state index contributed by atoms with van der Waals surface area (Å²) in [5.41, 5.74) is 2.04. The van der Waals surface area contributed by atoms with Gasteiger partial charge in [-0.2, -0.15) is 0 Å². The molecule has 1 aliphatic heterocycles. The van der Waals surface area contributed by atoms with Crippen LogP contribution >= 0.6 is 11.8 Å². The lowest BCUT2D eigenvalue weighted by Gasteiger charge is -2.25. The Morgan fingerprint density at radius 3 is 2.48 bits per heavy atom. The van der Waals surface area contributed by atoms with E-state index < -0.39 is 6.04 Å². The summed E-state index contributed by atoms with van der Waals surface area (Å²) in [7, 11) is 0. The van der Waals surface area contributed by atoms with E-state index >= 15 is 0 Å². The van der Waals surface area contributed by atoms with Crippen LogP contribution in [-0.4, -0.2) is 36.1 Å². The second-order valence-corrected chi connectivity index (χ2v) is 6.19. The number of hydrogen-bond acceptors (Lipinski definition) is 7. The number of allylic oxidation sites excluding steroid dienone is 1. The Morgan fingerprint density at radius 1 is 1.16 bits per heavy atom. The van der Waals surface area contributed by atoms with Gasteiger partial charge in [-0.3, -0.25) is 4.79 Å². The van der Waals surface area contributed by atoms with Gasteiger partial charge in [0.1, 0.15) is 6.04 Å². The van der Waals surface area contributed by atoms with Gasteiger partial charge in [-0.05, 0) is 26.3 Å². The molecule has 1 aromatic rings. The van der Waals surface area contributed by atoms with Gasteiger partial charge < -0.3 is 14.8 Å². The number of amidine groups is 1. The lowest BCUT2D eigenvalue weighted by atomic mass is 9.97. The fraction of sp³-hybridized carbons (Fsp3) is 0.389. The number of ether oxygens (including phenoxy) is 2. The highest BCUT2D eigenvalue weighted by Gasteiger charge is 2.30. The van der Waals surface area contributed by atoms with E-state index in [0.717, 1.165) is 5.56 Å². The van der Waals surface area contributed by atoms with E-state index in [0.29, 0.717) is 29.7 Å². The van der Waals surface area contributed by atoms with E-state index in [4.69, 9.17) is 9.47 Å². The summed E-state index contributed by atoms with van der Waals surface area (Å²) in [6, 6.07) is 9.07. The van der Waals surface area contributed by atoms with Gasteiger partial charge in [0.15, 0.2) is 5.17 Å². The second-order valence-electron chi connectivity index (χ2n) is 5.23. The van der Waals surface area contributed by atoms with E-state index in [2.05, 4.69) is 10.3 Å². The molecule has 0 saturated heterocycles. The molecule has 6 nitrogen and oxygen atoms in total. The molecule has 0 unspecified atom stereocenters. The van der Waals surface area contributed by atoms with Crippen molar-refractivity contribution in [3.63, 3.8) is 0 Å². The van der Waals surface area contributed by atoms with Crippen LogP contribution in [0.4, 0.5) is 0 Å². The van der Waals surface area contributed by atoms with Crippen molar-refractivity contribution < 1.29 is 19.1 Å². The molecule has 1 N–H and O–H groups in total. The number of nitrogens with one attached hydrogen (secondary N) is 1. The summed E-state index contributed by atoms with van der Waals surface area (Å²) in [5, 5.41) is 3.66. The quantitative estimate of drug-likeness (QED) is 0.784. The van der Waals surface area contributed by atoms with Crippen molar-refractivity contribution in [1.29, 1.82) is 0 Å². The van der Waals surface area contributed by atoms with Crippen molar-refractivity contribution in [1.82, 2.24) is 5.32 Å². The molecule has 1 atom stereocenters. The molecule has 0 amide bonds. The normalized spacial score (nSPS) is 16.8. The fourth-order valence-corrected chi connectivity index (χ4v) is 3.14. The molecule has 0 spiro atoms. The molecule has 1 aliphatic rings. The van der Waals surface area contributed by atoms with Gasteiger partial charge in [0.25, 0.3) is 0 Å². The molecular weight excluding hydrogens is 340 g/mol. The summed E-state index contributed by atoms with van der Waals surface area (Å²) in [4.78, 5) is 28.6. The van der Waals surface area contributed by atoms with Gasteiger partial charge in [-0.15, -0.1) is 0 Å². The minimum Gasteiger partial charge on any atom is -0.465 e. The van der Waals surface area contributed by atoms with Gasteiger partial charge in [0.2, 0.25) is 0 Å². The molecular formula is C18H22N2O4S. The Bertz CT molecular complexity index is 686. The zero-order chi connectivity index (χ0) is 18.2. The van der Waals surface area contributed by atoms with Gasteiger partial charge in [0.05, 0.1) is 24.5 Å². The molecule has 1 aromatic carbocycles. The summed E-state index contributed by atoms with van der Waals surface area (Å²) in [6.45, 7) is 5.99. The van der Waals surface area contributed by atoms with Crippen LogP contribution in [0.15, 0.2) is 46.6 Å². The Labute approximate surface area is 151 Å². The highest BCUT2D eigenvalue weighted by atomic mass is 32.2. The molecule has 134 valence electrons. The van der Waals surface area contributed by atoms with Crippen molar-refractivity contribution in [3.8, 4) is 0 Å². The zero-order valence-corrected chi connectivity index (χ0v) is 15.4. The average Bonchev–Trinajstić information content (AvgIpc) is 2.60. The third-order valence-electron chi connectivity index (χ3n) is 3.46. The van der Waals surface area contributed by atoms with Crippen molar-refractivity contribution in [2.24, 2.45) is 4.99 Å². The van der Waals surface area contributed by atoms with Crippen LogP contribution < -0.4 is 5.32 Å². The second kappa shape index (κ2) is 9.27. The molecule has 0 saturated carbocycles. The van der Waals surface area contributed by atoms with Gasteiger partial charge in [-0.25, -0.2) is 9.79 Å². The maximum absolute atomic E-state index is 12.4. The van der Waals surface area contributed by atoms with Gasteiger partial charge in [0, 0.05) is 5.70 Å². The molecule has 7 heteroatoms. The van der Waals surface area contributed by atoms with Crippen molar-refractivity contribution in [2.45, 2.75) is 26.8 Å². The van der Waals surface area contributed by atoms with Crippen LogP contribution in [0.2, 0.25) is 0 Å². The van der Waals surface area contributed by atoms with Gasteiger partial charge >= 0.3 is 11.9 Å². The highest BCUT2D eigenvalue weighted by Crippen LogP contribution is 2.32. The maximum atomic E-state index is 12.4. The monoisotopic (exact) mass is 362 g/mol. The number of aliphatic imine (C=N–C) groups is 1. The first-order valence-electron chi connectivity index (χ1n) is 8.12. The third-order valence-corrected chi connectivity index (χ3v) is 4.32. The molecule has 0 fully saturated rings. The van der Waals surface area contributed by atoms with Crippen molar-refractivity contribution in [3.05, 3.63) is 47.2 Å². The van der Waals surface area contributed by atoms with E-state index in [1.807, 2.05) is 37.3 Å². The first-order chi connectivity index (χ1) is 12.1. The lowest BCUT2D eigenvalue weighted by molar-refractivity contribution is -0.140. The number of carbonyl (C=O) groups excluding carboxylic acids is 2. The average molecular weight is 362 g/mol. The first-order valence-corrected chi connectivity index (χ1v) is 9.11.